The Kier molecular flexibility index (Phi) is 5.78. The summed E-state index contributed by atoms with van der Waals surface area (Å²) < 4.78 is 45.2. The van der Waals surface area contributed by atoms with Crippen molar-refractivity contribution >= 4 is 11.7 Å². The molecule has 2 aromatic carbocycles. The molecular weight excluding hydrogens is 359 g/mol. The molecule has 0 unspecified atom stereocenters. The minimum absolute atomic E-state index is 0.192. The van der Waals surface area contributed by atoms with E-state index in [4.69, 9.17) is 4.74 Å². The van der Waals surface area contributed by atoms with E-state index in [0.717, 1.165) is 18.2 Å². The number of Topliss-reactive ketones (excluding diaryl/α,β-unsaturated/α-hetero) is 1. The highest BCUT2D eigenvalue weighted by atomic mass is 19.1. The van der Waals surface area contributed by atoms with Crippen molar-refractivity contribution in [3.63, 3.8) is 0 Å². The number of amides is 1. The lowest BCUT2D eigenvalue weighted by Crippen LogP contribution is -2.42. The second kappa shape index (κ2) is 8.24. The molecule has 1 aliphatic heterocycles. The lowest BCUT2D eigenvalue weighted by molar-refractivity contribution is -0.134. The first-order valence-electron chi connectivity index (χ1n) is 8.59. The fourth-order valence-electron chi connectivity index (χ4n) is 3.06. The molecule has 1 heterocycles. The normalized spacial score (nSPS) is 14.9. The molecule has 0 aromatic heterocycles. The van der Waals surface area contributed by atoms with Crippen molar-refractivity contribution in [2.75, 3.05) is 19.7 Å². The first-order valence-corrected chi connectivity index (χ1v) is 8.59. The van der Waals surface area contributed by atoms with E-state index >= 15 is 0 Å². The maximum absolute atomic E-state index is 13.8. The predicted octanol–water partition coefficient (Wildman–Crippen LogP) is 3.60. The van der Waals surface area contributed by atoms with Crippen LogP contribution in [-0.4, -0.2) is 36.3 Å². The molecule has 1 aliphatic rings. The van der Waals surface area contributed by atoms with Gasteiger partial charge in [0, 0.05) is 19.0 Å². The summed E-state index contributed by atoms with van der Waals surface area (Å²) in [4.78, 5) is 26.2. The van der Waals surface area contributed by atoms with Gasteiger partial charge in [0.15, 0.2) is 12.4 Å². The van der Waals surface area contributed by atoms with Gasteiger partial charge in [-0.15, -0.1) is 0 Å². The highest BCUT2D eigenvalue weighted by molar-refractivity contribution is 5.98. The second-order valence-corrected chi connectivity index (χ2v) is 6.39. The van der Waals surface area contributed by atoms with Crippen LogP contribution < -0.4 is 4.74 Å². The molecule has 1 fully saturated rings. The number of benzene rings is 2. The van der Waals surface area contributed by atoms with Gasteiger partial charge in [0.25, 0.3) is 5.91 Å². The molecule has 1 amide bonds. The molecular formula is C20H18F3NO3. The summed E-state index contributed by atoms with van der Waals surface area (Å²) in [6.07, 6.45) is 0.744. The molecule has 2 aromatic rings. The summed E-state index contributed by atoms with van der Waals surface area (Å²) in [6.45, 7) is 0.473. The lowest BCUT2D eigenvalue weighted by atomic mass is 9.88. The number of carbonyl (C=O) groups excluding carboxylic acids is 2. The van der Waals surface area contributed by atoms with Crippen molar-refractivity contribution < 1.29 is 27.5 Å². The summed E-state index contributed by atoms with van der Waals surface area (Å²) >= 11 is 0. The van der Waals surface area contributed by atoms with Crippen molar-refractivity contribution in [2.45, 2.75) is 12.8 Å². The number of ketones is 1. The number of ether oxygens (including phenoxy) is 1. The Hall–Kier alpha value is -2.83. The van der Waals surface area contributed by atoms with Gasteiger partial charge in [-0.05, 0) is 55.3 Å². The van der Waals surface area contributed by atoms with Crippen LogP contribution >= 0.6 is 0 Å². The zero-order chi connectivity index (χ0) is 19.4. The smallest absolute Gasteiger partial charge is 0.260 e. The van der Waals surface area contributed by atoms with Crippen LogP contribution in [0.15, 0.2) is 42.5 Å². The van der Waals surface area contributed by atoms with Crippen LogP contribution in [0.1, 0.15) is 23.2 Å². The predicted molar refractivity (Wildman–Crippen MR) is 91.9 cm³/mol. The number of piperidine rings is 1. The molecule has 1 saturated heterocycles. The van der Waals surface area contributed by atoms with Gasteiger partial charge in [0.2, 0.25) is 0 Å². The number of nitrogens with zero attached hydrogens (tertiary/aromatic N) is 1. The third-order valence-corrected chi connectivity index (χ3v) is 4.59. The van der Waals surface area contributed by atoms with Crippen LogP contribution in [0.4, 0.5) is 13.2 Å². The van der Waals surface area contributed by atoms with E-state index in [-0.39, 0.29) is 18.1 Å². The van der Waals surface area contributed by atoms with E-state index in [1.807, 2.05) is 0 Å². The third kappa shape index (κ3) is 4.67. The lowest BCUT2D eigenvalue weighted by Gasteiger charge is -2.31. The van der Waals surface area contributed by atoms with Gasteiger partial charge < -0.3 is 9.64 Å². The number of likely N-dealkylation sites (tertiary alicyclic amines) is 1. The summed E-state index contributed by atoms with van der Waals surface area (Å²) in [6, 6.07) is 8.15. The van der Waals surface area contributed by atoms with Crippen molar-refractivity contribution in [3.05, 3.63) is 65.5 Å². The molecule has 0 aliphatic carbocycles. The number of carbonyl (C=O) groups is 2. The van der Waals surface area contributed by atoms with Crippen LogP contribution in [0.2, 0.25) is 0 Å². The second-order valence-electron chi connectivity index (χ2n) is 6.39. The first-order chi connectivity index (χ1) is 12.9. The van der Waals surface area contributed by atoms with E-state index in [0.29, 0.717) is 31.7 Å². The monoisotopic (exact) mass is 377 g/mol. The van der Waals surface area contributed by atoms with Crippen molar-refractivity contribution in [1.82, 2.24) is 4.90 Å². The zero-order valence-corrected chi connectivity index (χ0v) is 14.5. The fourth-order valence-corrected chi connectivity index (χ4v) is 3.06. The third-order valence-electron chi connectivity index (χ3n) is 4.59. The van der Waals surface area contributed by atoms with Crippen LogP contribution in [0, 0.1) is 23.4 Å². The van der Waals surface area contributed by atoms with Gasteiger partial charge in [-0.3, -0.25) is 9.59 Å². The summed E-state index contributed by atoms with van der Waals surface area (Å²) in [5.74, 6) is -2.56. The SMILES string of the molecule is O=C(c1cc(F)ccc1F)C1CCN(C(=O)COc2ccc(F)cc2)CC1. The standard InChI is InChI=1S/C20H18F3NO3/c21-14-1-4-16(5-2-14)27-12-19(25)24-9-7-13(8-10-24)20(26)17-11-15(22)3-6-18(17)23/h1-6,11,13H,7-10,12H2. The number of rotatable bonds is 5. The van der Waals surface area contributed by atoms with E-state index < -0.39 is 29.2 Å². The molecule has 0 N–H and O–H groups in total. The Balaban J connectivity index is 1.52. The van der Waals surface area contributed by atoms with Crippen molar-refractivity contribution in [3.8, 4) is 5.75 Å². The van der Waals surface area contributed by atoms with Gasteiger partial charge >= 0.3 is 0 Å². The maximum Gasteiger partial charge on any atom is 0.260 e. The highest BCUT2D eigenvalue weighted by Crippen LogP contribution is 2.24. The van der Waals surface area contributed by atoms with Crippen LogP contribution in [0.3, 0.4) is 0 Å². The quantitative estimate of drug-likeness (QED) is 0.748. The molecule has 3 rings (SSSR count). The number of halogens is 3. The molecule has 0 atom stereocenters. The highest BCUT2D eigenvalue weighted by Gasteiger charge is 2.29. The Labute approximate surface area is 154 Å². The molecule has 7 heteroatoms. The first kappa shape index (κ1) is 18.9. The molecule has 0 radical (unpaired) electrons. The fraction of sp³-hybridized carbons (Fsp3) is 0.300. The molecule has 0 saturated carbocycles. The van der Waals surface area contributed by atoms with Crippen molar-refractivity contribution in [1.29, 1.82) is 0 Å². The van der Waals surface area contributed by atoms with E-state index in [2.05, 4.69) is 0 Å². The topological polar surface area (TPSA) is 46.6 Å². The molecule has 142 valence electrons. The van der Waals surface area contributed by atoms with Gasteiger partial charge in [0.05, 0.1) is 5.56 Å². The average Bonchev–Trinajstić information content (AvgIpc) is 2.69. The minimum atomic E-state index is -0.743. The van der Waals surface area contributed by atoms with E-state index in [9.17, 15) is 22.8 Å². The summed E-state index contributed by atoms with van der Waals surface area (Å²) in [5.41, 5.74) is -0.251. The Morgan fingerprint density at radius 2 is 1.59 bits per heavy atom. The molecule has 0 bridgehead atoms. The Morgan fingerprint density at radius 3 is 2.26 bits per heavy atom. The zero-order valence-electron chi connectivity index (χ0n) is 14.5. The average molecular weight is 377 g/mol. The van der Waals surface area contributed by atoms with E-state index in [1.165, 1.54) is 24.3 Å². The minimum Gasteiger partial charge on any atom is -0.484 e. The maximum atomic E-state index is 13.8. The molecule has 0 spiro atoms. The van der Waals surface area contributed by atoms with E-state index in [1.54, 1.807) is 4.90 Å². The number of hydrogen-bond donors (Lipinski definition) is 0. The van der Waals surface area contributed by atoms with Crippen LogP contribution in [0.5, 0.6) is 5.75 Å². The summed E-state index contributed by atoms with van der Waals surface area (Å²) in [5, 5.41) is 0. The number of hydrogen-bond acceptors (Lipinski definition) is 3. The van der Waals surface area contributed by atoms with Gasteiger partial charge in [-0.1, -0.05) is 0 Å². The Morgan fingerprint density at radius 1 is 0.963 bits per heavy atom. The van der Waals surface area contributed by atoms with Gasteiger partial charge in [-0.25, -0.2) is 13.2 Å². The molecule has 27 heavy (non-hydrogen) atoms. The Bertz CT molecular complexity index is 831. The van der Waals surface area contributed by atoms with Gasteiger partial charge in [0.1, 0.15) is 23.2 Å². The summed E-state index contributed by atoms with van der Waals surface area (Å²) in [7, 11) is 0. The molecule has 4 nitrogen and oxygen atoms in total. The van der Waals surface area contributed by atoms with Crippen LogP contribution in [-0.2, 0) is 4.79 Å². The van der Waals surface area contributed by atoms with Crippen molar-refractivity contribution in [2.24, 2.45) is 5.92 Å². The largest absolute Gasteiger partial charge is 0.484 e. The van der Waals surface area contributed by atoms with Crippen LogP contribution in [0.25, 0.3) is 0 Å². The van der Waals surface area contributed by atoms with Gasteiger partial charge in [-0.2, -0.15) is 0 Å².